The number of fused-ring (bicyclic) bond motifs is 1. The Morgan fingerprint density at radius 1 is 0.789 bits per heavy atom. The first kappa shape index (κ1) is 44.5. The van der Waals surface area contributed by atoms with Crippen LogP contribution in [0, 0.1) is 0 Å². The van der Waals surface area contributed by atoms with Crippen molar-refractivity contribution >= 4 is 28.6 Å². The van der Waals surface area contributed by atoms with Gasteiger partial charge in [-0.05, 0) is 39.9 Å². The summed E-state index contributed by atoms with van der Waals surface area (Å²) >= 11 is 0. The van der Waals surface area contributed by atoms with Crippen molar-refractivity contribution in [3.05, 3.63) is 95.1 Å². The number of carbonyl (C=O) groups excluding carboxylic acids is 1. The van der Waals surface area contributed by atoms with E-state index in [2.05, 4.69) is 83.1 Å². The highest BCUT2D eigenvalue weighted by atomic mass is 28.4. The Bertz CT molecular complexity index is 1810. The number of benzene rings is 3. The molecule has 3 atom stereocenters. The van der Waals surface area contributed by atoms with Gasteiger partial charge in [0.1, 0.15) is 31.2 Å². The Morgan fingerprint density at radius 2 is 1.32 bits per heavy atom. The number of carbonyl (C=O) groups is 1. The Hall–Kier alpha value is -3.62. The molecule has 0 unspecified atom stereocenters. The van der Waals surface area contributed by atoms with Gasteiger partial charge < -0.3 is 37.0 Å². The van der Waals surface area contributed by atoms with Gasteiger partial charge in [-0.2, -0.15) is 0 Å². The molecule has 0 bridgehead atoms. The summed E-state index contributed by atoms with van der Waals surface area (Å²) in [7, 11) is -2.54. The summed E-state index contributed by atoms with van der Waals surface area (Å²) in [6.07, 6.45) is 0.477. The minimum absolute atomic E-state index is 0.188. The Morgan fingerprint density at radius 3 is 1.79 bits per heavy atom. The standard InChI is InChI=1S/C46H66O9Si2/c1-30(2)56(31(3)4,32(5)6)54-38-26-36(53-39-29-52-57(45(7,8)9,46(10,11)12)55-41(38)39)40-35(44(47)49-14)25-37(50-27-33-21-17-15-18-22-33)42(48-13)43(40)51-28-34-23-19-16-20-24-34/h15-26,30-32,38-39,41H,27-29H2,1-14H3/t38-,39-,41+/m1/s1. The van der Waals surface area contributed by atoms with E-state index in [9.17, 15) is 4.79 Å². The fourth-order valence-corrected chi connectivity index (χ4v) is 19.7. The molecule has 0 aromatic heterocycles. The average Bonchev–Trinajstić information content (AvgIpc) is 3.16. The van der Waals surface area contributed by atoms with E-state index in [1.807, 2.05) is 66.7 Å². The highest BCUT2D eigenvalue weighted by Gasteiger charge is 2.64. The highest BCUT2D eigenvalue weighted by Crippen LogP contribution is 2.57. The van der Waals surface area contributed by atoms with Crippen molar-refractivity contribution in [1.82, 2.24) is 0 Å². The number of methoxy groups -OCH3 is 2. The van der Waals surface area contributed by atoms with Crippen LogP contribution < -0.4 is 14.2 Å². The van der Waals surface area contributed by atoms with Gasteiger partial charge >= 0.3 is 14.5 Å². The molecular weight excluding hydrogens is 753 g/mol. The summed E-state index contributed by atoms with van der Waals surface area (Å²) in [5.74, 6) is 0.777. The first-order valence-electron chi connectivity index (χ1n) is 20.4. The van der Waals surface area contributed by atoms with Crippen LogP contribution in [0.15, 0.2) is 72.8 Å². The maximum absolute atomic E-state index is 14.0. The second kappa shape index (κ2) is 17.7. The van der Waals surface area contributed by atoms with Crippen LogP contribution in [-0.4, -0.2) is 62.0 Å². The monoisotopic (exact) mass is 818 g/mol. The van der Waals surface area contributed by atoms with E-state index < -0.39 is 41.2 Å². The average molecular weight is 819 g/mol. The molecule has 0 saturated carbocycles. The predicted octanol–water partition coefficient (Wildman–Crippen LogP) is 11.4. The molecule has 2 heterocycles. The van der Waals surface area contributed by atoms with E-state index in [0.29, 0.717) is 51.8 Å². The first-order chi connectivity index (χ1) is 26.8. The second-order valence-electron chi connectivity index (χ2n) is 18.3. The van der Waals surface area contributed by atoms with Gasteiger partial charge in [0, 0.05) is 10.1 Å². The molecule has 1 saturated heterocycles. The van der Waals surface area contributed by atoms with Crippen molar-refractivity contribution in [2.45, 2.75) is 141 Å². The lowest BCUT2D eigenvalue weighted by Gasteiger charge is -2.57. The van der Waals surface area contributed by atoms with Gasteiger partial charge in [-0.25, -0.2) is 4.79 Å². The Balaban J connectivity index is 1.77. The molecule has 0 spiro atoms. The Labute approximate surface area is 343 Å². The van der Waals surface area contributed by atoms with Gasteiger partial charge in [0.15, 0.2) is 11.5 Å². The molecule has 5 rings (SSSR count). The number of hydrogen-bond acceptors (Lipinski definition) is 9. The maximum atomic E-state index is 14.0. The Kier molecular flexibility index (Phi) is 13.8. The second-order valence-corrected chi connectivity index (χ2v) is 28.5. The smallest absolute Gasteiger partial charge is 0.349 e. The van der Waals surface area contributed by atoms with Crippen molar-refractivity contribution in [1.29, 1.82) is 0 Å². The molecule has 3 aromatic rings. The molecule has 57 heavy (non-hydrogen) atoms. The van der Waals surface area contributed by atoms with Crippen molar-refractivity contribution in [3.63, 3.8) is 0 Å². The van der Waals surface area contributed by atoms with Gasteiger partial charge in [0.05, 0.1) is 38.1 Å². The van der Waals surface area contributed by atoms with Gasteiger partial charge in [-0.1, -0.05) is 144 Å². The topological polar surface area (TPSA) is 90.9 Å². The molecule has 0 amide bonds. The molecule has 2 aliphatic heterocycles. The largest absolute Gasteiger partial charge is 0.490 e. The maximum Gasteiger partial charge on any atom is 0.349 e. The van der Waals surface area contributed by atoms with Crippen molar-refractivity contribution in [2.75, 3.05) is 20.8 Å². The van der Waals surface area contributed by atoms with Gasteiger partial charge in [0.25, 0.3) is 0 Å². The number of esters is 1. The lowest BCUT2D eigenvalue weighted by atomic mass is 9.97. The van der Waals surface area contributed by atoms with Crippen LogP contribution in [-0.2, 0) is 36.0 Å². The van der Waals surface area contributed by atoms with Crippen LogP contribution in [0.2, 0.25) is 26.7 Å². The van der Waals surface area contributed by atoms with E-state index in [-0.39, 0.29) is 28.9 Å². The van der Waals surface area contributed by atoms with Crippen LogP contribution >= 0.6 is 0 Å². The lowest BCUT2D eigenvalue weighted by Crippen LogP contribution is -2.68. The number of rotatable bonds is 14. The minimum Gasteiger partial charge on any atom is -0.490 e. The molecular formula is C46H66O9Si2. The van der Waals surface area contributed by atoms with E-state index in [4.69, 9.17) is 37.0 Å². The summed E-state index contributed by atoms with van der Waals surface area (Å²) in [6, 6.07) is 21.3. The zero-order valence-corrected chi connectivity index (χ0v) is 38.7. The third kappa shape index (κ3) is 8.88. The van der Waals surface area contributed by atoms with Crippen molar-refractivity contribution in [2.24, 2.45) is 0 Å². The normalized spacial score (nSPS) is 19.8. The highest BCUT2D eigenvalue weighted by molar-refractivity contribution is 6.77. The molecule has 0 aliphatic carbocycles. The van der Waals surface area contributed by atoms with Crippen molar-refractivity contribution in [3.8, 4) is 17.2 Å². The molecule has 2 aliphatic rings. The fourth-order valence-electron chi connectivity index (χ4n) is 9.26. The third-order valence-corrected chi connectivity index (χ3v) is 22.8. The predicted molar refractivity (Wildman–Crippen MR) is 231 cm³/mol. The summed E-state index contributed by atoms with van der Waals surface area (Å²) in [5, 5.41) is -0.514. The SMILES string of the molecule is COC(=O)c1cc(OCc2ccccc2)c(OC)c(OCc2ccccc2)c1C1=C[C@@H](O[Si](C(C)C)(C(C)C)C(C)C)[C@@H]2O[Si](C(C)(C)C)(C(C)(C)C)OC[C@H]2O1. The zero-order chi connectivity index (χ0) is 41.9. The molecule has 0 N–H and O–H groups in total. The minimum atomic E-state index is -2.96. The van der Waals surface area contributed by atoms with E-state index in [0.717, 1.165) is 11.1 Å². The van der Waals surface area contributed by atoms with Gasteiger partial charge in [0.2, 0.25) is 14.1 Å². The summed E-state index contributed by atoms with van der Waals surface area (Å²) in [5.41, 5.74) is 3.40. The van der Waals surface area contributed by atoms with Crippen LogP contribution in [0.5, 0.6) is 17.2 Å². The van der Waals surface area contributed by atoms with Gasteiger partial charge in [-0.15, -0.1) is 0 Å². The quantitative estimate of drug-likeness (QED) is 0.116. The van der Waals surface area contributed by atoms with Crippen LogP contribution in [0.25, 0.3) is 5.76 Å². The summed E-state index contributed by atoms with van der Waals surface area (Å²) in [4.78, 5) is 14.0. The molecule has 11 heteroatoms. The zero-order valence-electron chi connectivity index (χ0n) is 36.7. The van der Waals surface area contributed by atoms with E-state index >= 15 is 0 Å². The van der Waals surface area contributed by atoms with Crippen molar-refractivity contribution < 1.29 is 41.8 Å². The lowest BCUT2D eigenvalue weighted by molar-refractivity contribution is -0.113. The molecule has 0 radical (unpaired) electrons. The summed E-state index contributed by atoms with van der Waals surface area (Å²) in [6.45, 7) is 27.7. The first-order valence-corrected chi connectivity index (χ1v) is 24.3. The molecule has 9 nitrogen and oxygen atoms in total. The number of ether oxygens (including phenoxy) is 5. The van der Waals surface area contributed by atoms with Gasteiger partial charge in [-0.3, -0.25) is 0 Å². The van der Waals surface area contributed by atoms with Crippen LogP contribution in [0.1, 0.15) is 110 Å². The molecule has 1 fully saturated rings. The van der Waals surface area contributed by atoms with E-state index in [1.165, 1.54) is 7.11 Å². The number of hydrogen-bond donors (Lipinski definition) is 0. The molecule has 312 valence electrons. The third-order valence-electron chi connectivity index (χ3n) is 11.6. The van der Waals surface area contributed by atoms with Crippen LogP contribution in [0.3, 0.4) is 0 Å². The summed E-state index contributed by atoms with van der Waals surface area (Å²) < 4.78 is 53.8. The fraction of sp³-hybridized carbons (Fsp3) is 0.543. The molecule has 3 aromatic carbocycles. The van der Waals surface area contributed by atoms with E-state index in [1.54, 1.807) is 13.2 Å². The van der Waals surface area contributed by atoms with Crippen LogP contribution in [0.4, 0.5) is 0 Å².